The molecule has 2 aromatic rings. The molecule has 0 atom stereocenters. The van der Waals surface area contributed by atoms with Gasteiger partial charge in [-0.3, -0.25) is 9.59 Å². The van der Waals surface area contributed by atoms with Crippen molar-refractivity contribution in [2.45, 2.75) is 50.1 Å². The van der Waals surface area contributed by atoms with Gasteiger partial charge >= 0.3 is 0 Å². The fraction of sp³-hybridized carbons (Fsp3) is 0.500. The van der Waals surface area contributed by atoms with E-state index in [9.17, 15) is 18.0 Å². The van der Waals surface area contributed by atoms with Crippen LogP contribution in [0.1, 0.15) is 36.8 Å². The van der Waals surface area contributed by atoms with Crippen LogP contribution in [0.15, 0.2) is 59.5 Å². The number of sulfonamides is 1. The minimum Gasteiger partial charge on any atom is -0.383 e. The normalized spacial score (nSPS) is 16.7. The van der Waals surface area contributed by atoms with Crippen LogP contribution in [0.2, 0.25) is 0 Å². The Balaban J connectivity index is 1.53. The van der Waals surface area contributed by atoms with Crippen molar-refractivity contribution in [3.05, 3.63) is 65.7 Å². The fourth-order valence-corrected chi connectivity index (χ4v) is 6.15. The Hall–Kier alpha value is -2.75. The second-order valence-corrected chi connectivity index (χ2v) is 11.9. The first kappa shape index (κ1) is 27.3. The SMILES string of the molecule is COCCN(CC(=O)N(Cc1ccc(C)cc1)C1CCN(C(=O)C2CC2)CC1)S(=O)(=O)c1ccccc1. The summed E-state index contributed by atoms with van der Waals surface area (Å²) in [5, 5.41) is 0. The van der Waals surface area contributed by atoms with Crippen LogP contribution in [-0.2, 0) is 30.9 Å². The third-order valence-electron chi connectivity index (χ3n) is 7.17. The van der Waals surface area contributed by atoms with Crippen molar-refractivity contribution < 1.29 is 22.7 Å². The van der Waals surface area contributed by atoms with Gasteiger partial charge < -0.3 is 14.5 Å². The molecule has 200 valence electrons. The summed E-state index contributed by atoms with van der Waals surface area (Å²) < 4.78 is 33.2. The molecule has 0 spiro atoms. The number of carbonyl (C=O) groups is 2. The molecule has 1 aliphatic heterocycles. The highest BCUT2D eigenvalue weighted by molar-refractivity contribution is 7.89. The average molecular weight is 528 g/mol. The highest BCUT2D eigenvalue weighted by Crippen LogP contribution is 2.32. The lowest BCUT2D eigenvalue weighted by molar-refractivity contribution is -0.138. The van der Waals surface area contributed by atoms with Crippen LogP contribution in [0.3, 0.4) is 0 Å². The van der Waals surface area contributed by atoms with E-state index in [4.69, 9.17) is 4.74 Å². The molecule has 1 saturated carbocycles. The van der Waals surface area contributed by atoms with Crippen molar-refractivity contribution >= 4 is 21.8 Å². The lowest BCUT2D eigenvalue weighted by Crippen LogP contribution is -2.51. The van der Waals surface area contributed by atoms with Gasteiger partial charge in [-0.1, -0.05) is 48.0 Å². The van der Waals surface area contributed by atoms with Crippen LogP contribution in [0.4, 0.5) is 0 Å². The molecule has 9 heteroatoms. The van der Waals surface area contributed by atoms with Crippen LogP contribution in [0.5, 0.6) is 0 Å². The van der Waals surface area contributed by atoms with Gasteiger partial charge in [0.1, 0.15) is 0 Å². The third kappa shape index (κ3) is 6.97. The summed E-state index contributed by atoms with van der Waals surface area (Å²) in [6, 6.07) is 16.1. The number of amides is 2. The maximum absolute atomic E-state index is 13.8. The molecule has 2 aromatic carbocycles. The maximum Gasteiger partial charge on any atom is 0.243 e. The maximum atomic E-state index is 13.8. The molecule has 0 N–H and O–H groups in total. The van der Waals surface area contributed by atoms with Crippen LogP contribution in [0.25, 0.3) is 0 Å². The first-order valence-corrected chi connectivity index (χ1v) is 14.4. The van der Waals surface area contributed by atoms with Crippen molar-refractivity contribution in [2.75, 3.05) is 39.9 Å². The van der Waals surface area contributed by atoms with Crippen molar-refractivity contribution in [1.82, 2.24) is 14.1 Å². The number of methoxy groups -OCH3 is 1. The molecule has 0 aromatic heterocycles. The smallest absolute Gasteiger partial charge is 0.243 e. The van der Waals surface area contributed by atoms with Crippen molar-refractivity contribution in [2.24, 2.45) is 5.92 Å². The molecular formula is C28H37N3O5S. The van der Waals surface area contributed by atoms with Gasteiger partial charge in [0.05, 0.1) is 18.0 Å². The summed E-state index contributed by atoms with van der Waals surface area (Å²) in [6.07, 6.45) is 3.31. The Morgan fingerprint density at radius 2 is 1.62 bits per heavy atom. The molecule has 1 aliphatic carbocycles. The van der Waals surface area contributed by atoms with E-state index in [0.717, 1.165) is 24.0 Å². The zero-order chi connectivity index (χ0) is 26.4. The van der Waals surface area contributed by atoms with E-state index in [2.05, 4.69) is 0 Å². The summed E-state index contributed by atoms with van der Waals surface area (Å²) in [5.41, 5.74) is 2.12. The molecule has 8 nitrogen and oxygen atoms in total. The van der Waals surface area contributed by atoms with Crippen molar-refractivity contribution in [3.8, 4) is 0 Å². The van der Waals surface area contributed by atoms with Gasteiger partial charge in [-0.2, -0.15) is 4.31 Å². The van der Waals surface area contributed by atoms with Crippen molar-refractivity contribution in [3.63, 3.8) is 0 Å². The summed E-state index contributed by atoms with van der Waals surface area (Å²) in [5.74, 6) is 0.164. The van der Waals surface area contributed by atoms with E-state index in [-0.39, 0.29) is 48.4 Å². The summed E-state index contributed by atoms with van der Waals surface area (Å²) in [6.45, 7) is 3.63. The molecule has 1 saturated heterocycles. The van der Waals surface area contributed by atoms with Gasteiger partial charge in [0.2, 0.25) is 21.8 Å². The molecule has 2 fully saturated rings. The van der Waals surface area contributed by atoms with Crippen LogP contribution < -0.4 is 0 Å². The number of hydrogen-bond acceptors (Lipinski definition) is 5. The van der Waals surface area contributed by atoms with Crippen LogP contribution in [0, 0.1) is 12.8 Å². The van der Waals surface area contributed by atoms with Crippen LogP contribution in [-0.4, -0.2) is 80.3 Å². The molecule has 2 aliphatic rings. The average Bonchev–Trinajstić information content (AvgIpc) is 3.76. The monoisotopic (exact) mass is 527 g/mol. The van der Waals surface area contributed by atoms with E-state index >= 15 is 0 Å². The molecule has 0 radical (unpaired) electrons. The number of piperidine rings is 1. The number of likely N-dealkylation sites (tertiary alicyclic amines) is 1. The lowest BCUT2D eigenvalue weighted by atomic mass is 10.0. The number of benzene rings is 2. The minimum absolute atomic E-state index is 0.0687. The van der Waals surface area contributed by atoms with Gasteiger partial charge in [-0.15, -0.1) is 0 Å². The first-order valence-electron chi connectivity index (χ1n) is 13.0. The number of carbonyl (C=O) groups excluding carboxylic acids is 2. The van der Waals surface area contributed by atoms with Crippen LogP contribution >= 0.6 is 0 Å². The Morgan fingerprint density at radius 1 is 0.973 bits per heavy atom. The van der Waals surface area contributed by atoms with Gasteiger partial charge in [-0.25, -0.2) is 8.42 Å². The Kier molecular flexibility index (Phi) is 9.00. The molecule has 4 rings (SSSR count). The highest BCUT2D eigenvalue weighted by Gasteiger charge is 2.37. The van der Waals surface area contributed by atoms with Crippen molar-refractivity contribution in [1.29, 1.82) is 0 Å². The number of aryl methyl sites for hydroxylation is 1. The topological polar surface area (TPSA) is 87.2 Å². The molecule has 0 unspecified atom stereocenters. The summed E-state index contributed by atoms with van der Waals surface area (Å²) in [7, 11) is -2.37. The Bertz CT molecular complexity index is 1160. The second-order valence-electron chi connectivity index (χ2n) is 9.98. The Labute approximate surface area is 220 Å². The minimum atomic E-state index is -3.88. The third-order valence-corrected chi connectivity index (χ3v) is 9.03. The Morgan fingerprint density at radius 3 is 2.22 bits per heavy atom. The van der Waals surface area contributed by atoms with E-state index in [1.165, 1.54) is 23.5 Å². The zero-order valence-electron chi connectivity index (χ0n) is 21.7. The van der Waals surface area contributed by atoms with Gasteiger partial charge in [0, 0.05) is 45.2 Å². The molecule has 37 heavy (non-hydrogen) atoms. The number of ether oxygens (including phenoxy) is 1. The number of hydrogen-bond donors (Lipinski definition) is 0. The predicted octanol–water partition coefficient (Wildman–Crippen LogP) is 3.06. The largest absolute Gasteiger partial charge is 0.383 e. The summed E-state index contributed by atoms with van der Waals surface area (Å²) >= 11 is 0. The van der Waals surface area contributed by atoms with E-state index < -0.39 is 10.0 Å². The number of rotatable bonds is 11. The fourth-order valence-electron chi connectivity index (χ4n) is 4.76. The van der Waals surface area contributed by atoms with Gasteiger partial charge in [-0.05, 0) is 50.3 Å². The molecule has 0 bridgehead atoms. The molecule has 2 amide bonds. The quantitative estimate of drug-likeness (QED) is 0.448. The first-order chi connectivity index (χ1) is 17.8. The van der Waals surface area contributed by atoms with E-state index in [1.807, 2.05) is 41.0 Å². The predicted molar refractivity (Wildman–Crippen MR) is 141 cm³/mol. The van der Waals surface area contributed by atoms with E-state index in [0.29, 0.717) is 32.5 Å². The second kappa shape index (κ2) is 12.2. The lowest BCUT2D eigenvalue weighted by Gasteiger charge is -2.39. The van der Waals surface area contributed by atoms with E-state index in [1.54, 1.807) is 18.2 Å². The molecular weight excluding hydrogens is 490 g/mol. The zero-order valence-corrected chi connectivity index (χ0v) is 22.5. The summed E-state index contributed by atoms with van der Waals surface area (Å²) in [4.78, 5) is 30.2. The van der Waals surface area contributed by atoms with Gasteiger partial charge in [0.25, 0.3) is 0 Å². The van der Waals surface area contributed by atoms with Gasteiger partial charge in [0.15, 0.2) is 0 Å². The number of nitrogens with zero attached hydrogens (tertiary/aromatic N) is 3. The highest BCUT2D eigenvalue weighted by atomic mass is 32.2. The standard InChI is InChI=1S/C28H37N3O5S/c1-22-8-10-23(11-9-22)20-31(25-14-16-29(17-15-25)28(33)24-12-13-24)27(32)21-30(18-19-36-2)37(34,35)26-6-4-3-5-7-26/h3-11,24-25H,12-21H2,1-2H3. The molecule has 1 heterocycles.